The third-order valence-electron chi connectivity index (χ3n) is 1.27. The highest BCUT2D eigenvalue weighted by Gasteiger charge is 2.10. The van der Waals surface area contributed by atoms with Crippen molar-refractivity contribution in [3.8, 4) is 0 Å². The predicted molar refractivity (Wildman–Crippen MR) is 45.8 cm³/mol. The molecule has 0 saturated heterocycles. The van der Waals surface area contributed by atoms with Gasteiger partial charge in [0, 0.05) is 22.8 Å². The van der Waals surface area contributed by atoms with E-state index in [1.54, 1.807) is 12.3 Å². The summed E-state index contributed by atoms with van der Waals surface area (Å²) in [6, 6.07) is 1.70. The summed E-state index contributed by atoms with van der Waals surface area (Å²) in [4.78, 5) is 4.76. The summed E-state index contributed by atoms with van der Waals surface area (Å²) in [5.74, 6) is 0. The van der Waals surface area contributed by atoms with Gasteiger partial charge in [0.2, 0.25) is 0 Å². The van der Waals surface area contributed by atoms with Crippen LogP contribution in [-0.2, 0) is 0 Å². The first-order valence-electron chi connectivity index (χ1n) is 3.09. The molecular formula is C6H8BNO2S. The minimum absolute atomic E-state index is 0.428. The van der Waals surface area contributed by atoms with Crippen molar-refractivity contribution in [2.24, 2.45) is 0 Å². The van der Waals surface area contributed by atoms with E-state index in [9.17, 15) is 0 Å². The highest BCUT2D eigenvalue weighted by atomic mass is 32.2. The van der Waals surface area contributed by atoms with Crippen LogP contribution in [0.25, 0.3) is 0 Å². The molecule has 2 N–H and O–H groups in total. The topological polar surface area (TPSA) is 53.4 Å². The largest absolute Gasteiger partial charge is 0.490 e. The Labute approximate surface area is 69.6 Å². The summed E-state index contributed by atoms with van der Waals surface area (Å²) in [5, 5.41) is 17.5. The van der Waals surface area contributed by atoms with Gasteiger partial charge in [0.15, 0.2) is 0 Å². The van der Waals surface area contributed by atoms with Crippen molar-refractivity contribution in [3.63, 3.8) is 0 Å². The smallest absolute Gasteiger partial charge is 0.423 e. The van der Waals surface area contributed by atoms with E-state index in [1.165, 1.54) is 18.0 Å². The zero-order chi connectivity index (χ0) is 8.27. The average Bonchev–Trinajstić information content (AvgIpc) is 2.05. The Morgan fingerprint density at radius 2 is 2.18 bits per heavy atom. The highest BCUT2D eigenvalue weighted by Crippen LogP contribution is 2.09. The van der Waals surface area contributed by atoms with E-state index in [2.05, 4.69) is 4.98 Å². The normalized spacial score (nSPS) is 9.73. The van der Waals surface area contributed by atoms with Gasteiger partial charge < -0.3 is 10.0 Å². The lowest BCUT2D eigenvalue weighted by Gasteiger charge is -1.99. The lowest BCUT2D eigenvalue weighted by Crippen LogP contribution is -2.30. The van der Waals surface area contributed by atoms with Crippen LogP contribution >= 0.6 is 11.8 Å². The van der Waals surface area contributed by atoms with Gasteiger partial charge in [-0.2, -0.15) is 0 Å². The standard InChI is InChI=1S/C6H8BNO2S/c1-11-6-2-5(7(9)10)3-8-4-6/h2-4,9-10H,1H3. The SMILES string of the molecule is CSc1cncc(B(O)O)c1. The van der Waals surface area contributed by atoms with E-state index >= 15 is 0 Å². The van der Waals surface area contributed by atoms with Crippen LogP contribution in [-0.4, -0.2) is 28.4 Å². The maximum absolute atomic E-state index is 8.75. The van der Waals surface area contributed by atoms with Crippen LogP contribution in [0.5, 0.6) is 0 Å². The lowest BCUT2D eigenvalue weighted by molar-refractivity contribution is 0.425. The number of hydrogen-bond donors (Lipinski definition) is 2. The van der Waals surface area contributed by atoms with Crippen molar-refractivity contribution in [3.05, 3.63) is 18.5 Å². The van der Waals surface area contributed by atoms with Crippen LogP contribution in [0.1, 0.15) is 0 Å². The molecule has 0 aliphatic rings. The van der Waals surface area contributed by atoms with Gasteiger partial charge >= 0.3 is 7.12 Å². The Balaban J connectivity index is 2.91. The molecule has 0 amide bonds. The number of hydrogen-bond acceptors (Lipinski definition) is 4. The Kier molecular flexibility index (Phi) is 2.93. The Bertz CT molecular complexity index is 244. The zero-order valence-electron chi connectivity index (χ0n) is 6.06. The molecule has 58 valence electrons. The van der Waals surface area contributed by atoms with E-state index in [-0.39, 0.29) is 0 Å². The summed E-state index contributed by atoms with van der Waals surface area (Å²) in [6.45, 7) is 0. The first-order chi connectivity index (χ1) is 5.24. The average molecular weight is 169 g/mol. The molecule has 0 unspecified atom stereocenters. The fraction of sp³-hybridized carbons (Fsp3) is 0.167. The summed E-state index contributed by atoms with van der Waals surface area (Å²) in [6.07, 6.45) is 5.02. The quantitative estimate of drug-likeness (QED) is 0.462. The third-order valence-corrected chi connectivity index (χ3v) is 1.96. The van der Waals surface area contributed by atoms with Gasteiger partial charge in [-0.1, -0.05) is 0 Å². The molecule has 0 atom stereocenters. The van der Waals surface area contributed by atoms with Gasteiger partial charge in [0.25, 0.3) is 0 Å². The minimum Gasteiger partial charge on any atom is -0.423 e. The van der Waals surface area contributed by atoms with E-state index in [0.717, 1.165) is 4.90 Å². The molecule has 0 aliphatic carbocycles. The fourth-order valence-corrected chi connectivity index (χ4v) is 1.11. The second-order valence-corrected chi connectivity index (χ2v) is 2.91. The first kappa shape index (κ1) is 8.58. The third kappa shape index (κ3) is 2.22. The van der Waals surface area contributed by atoms with Crippen LogP contribution in [0.2, 0.25) is 0 Å². The molecule has 0 bridgehead atoms. The van der Waals surface area contributed by atoms with Gasteiger partial charge in [-0.15, -0.1) is 11.8 Å². The second-order valence-electron chi connectivity index (χ2n) is 2.03. The lowest BCUT2D eigenvalue weighted by atomic mass is 9.82. The maximum atomic E-state index is 8.75. The summed E-state index contributed by atoms with van der Waals surface area (Å²) in [5.41, 5.74) is 0.428. The maximum Gasteiger partial charge on any atom is 0.490 e. The van der Waals surface area contributed by atoms with Gasteiger partial charge in [-0.05, 0) is 12.3 Å². The van der Waals surface area contributed by atoms with Gasteiger partial charge in [0.1, 0.15) is 0 Å². The van der Waals surface area contributed by atoms with Crippen LogP contribution < -0.4 is 5.46 Å². The summed E-state index contributed by atoms with van der Waals surface area (Å²) in [7, 11) is -1.42. The van der Waals surface area contributed by atoms with Crippen molar-refractivity contribution in [1.29, 1.82) is 0 Å². The van der Waals surface area contributed by atoms with Crippen LogP contribution in [0.3, 0.4) is 0 Å². The number of thioether (sulfide) groups is 1. The zero-order valence-corrected chi connectivity index (χ0v) is 6.88. The second kappa shape index (κ2) is 3.76. The first-order valence-corrected chi connectivity index (χ1v) is 4.31. The molecule has 0 aromatic carbocycles. The molecular weight excluding hydrogens is 161 g/mol. The molecule has 1 rings (SSSR count). The Morgan fingerprint density at radius 3 is 2.73 bits per heavy atom. The minimum atomic E-state index is -1.42. The van der Waals surface area contributed by atoms with Crippen LogP contribution in [0, 0.1) is 0 Å². The van der Waals surface area contributed by atoms with E-state index in [4.69, 9.17) is 10.0 Å². The molecule has 1 heterocycles. The van der Waals surface area contributed by atoms with Crippen molar-refractivity contribution in [1.82, 2.24) is 4.98 Å². The predicted octanol–water partition coefficient (Wildman–Crippen LogP) is -0.517. The van der Waals surface area contributed by atoms with Gasteiger partial charge in [0.05, 0.1) is 0 Å². The molecule has 0 aliphatic heterocycles. The van der Waals surface area contributed by atoms with Gasteiger partial charge in [-0.25, -0.2) is 0 Å². The van der Waals surface area contributed by atoms with Crippen molar-refractivity contribution >= 4 is 24.3 Å². The molecule has 0 radical (unpaired) electrons. The summed E-state index contributed by atoms with van der Waals surface area (Å²) >= 11 is 1.52. The number of pyridine rings is 1. The van der Waals surface area contributed by atoms with E-state index in [1.807, 2.05) is 6.26 Å². The van der Waals surface area contributed by atoms with E-state index in [0.29, 0.717) is 5.46 Å². The summed E-state index contributed by atoms with van der Waals surface area (Å²) < 4.78 is 0. The highest BCUT2D eigenvalue weighted by molar-refractivity contribution is 7.98. The molecule has 1 aromatic heterocycles. The Hall–Kier alpha value is -0.515. The molecule has 3 nitrogen and oxygen atoms in total. The van der Waals surface area contributed by atoms with Crippen LogP contribution in [0.4, 0.5) is 0 Å². The Morgan fingerprint density at radius 1 is 1.45 bits per heavy atom. The van der Waals surface area contributed by atoms with Crippen molar-refractivity contribution in [2.75, 3.05) is 6.26 Å². The van der Waals surface area contributed by atoms with Crippen molar-refractivity contribution < 1.29 is 10.0 Å². The molecule has 5 heteroatoms. The van der Waals surface area contributed by atoms with E-state index < -0.39 is 7.12 Å². The molecule has 0 spiro atoms. The monoisotopic (exact) mass is 169 g/mol. The molecule has 0 saturated carbocycles. The fourth-order valence-electron chi connectivity index (χ4n) is 0.688. The molecule has 0 fully saturated rings. The van der Waals surface area contributed by atoms with Crippen molar-refractivity contribution in [2.45, 2.75) is 4.90 Å². The molecule has 11 heavy (non-hydrogen) atoms. The number of rotatable bonds is 2. The number of aromatic nitrogens is 1. The van der Waals surface area contributed by atoms with Gasteiger partial charge in [-0.3, -0.25) is 4.98 Å². The van der Waals surface area contributed by atoms with Crippen LogP contribution in [0.15, 0.2) is 23.4 Å². The number of nitrogens with zero attached hydrogens (tertiary/aromatic N) is 1. The molecule has 1 aromatic rings.